The fourth-order valence-corrected chi connectivity index (χ4v) is 2.32. The van der Waals surface area contributed by atoms with Crippen LogP contribution in [0.15, 0.2) is 18.2 Å². The van der Waals surface area contributed by atoms with E-state index < -0.39 is 0 Å². The highest BCUT2D eigenvalue weighted by molar-refractivity contribution is 5.85. The van der Waals surface area contributed by atoms with Gasteiger partial charge in [-0.25, -0.2) is 0 Å². The molecule has 2 nitrogen and oxygen atoms in total. The third kappa shape index (κ3) is 4.30. The SMILES string of the molecule is Cc1ccc(CN2CCCNCC2)c(C)c1.Cl. The molecule has 0 aromatic heterocycles. The number of aryl methyl sites for hydroxylation is 2. The number of halogens is 1. The predicted molar refractivity (Wildman–Crippen MR) is 75.9 cm³/mol. The van der Waals surface area contributed by atoms with Gasteiger partial charge < -0.3 is 5.32 Å². The highest BCUT2D eigenvalue weighted by atomic mass is 35.5. The third-order valence-electron chi connectivity index (χ3n) is 3.32. The normalized spacial score (nSPS) is 17.3. The second kappa shape index (κ2) is 7.00. The van der Waals surface area contributed by atoms with Crippen LogP contribution in [0.4, 0.5) is 0 Å². The third-order valence-corrected chi connectivity index (χ3v) is 3.32. The molecular weight excluding hydrogens is 232 g/mol. The number of benzene rings is 1. The standard InChI is InChI=1S/C14H22N2.ClH/c1-12-4-5-14(13(2)10-12)11-16-8-3-6-15-7-9-16;/h4-5,10,15H,3,6-9,11H2,1-2H3;1H. The molecule has 1 heterocycles. The van der Waals surface area contributed by atoms with E-state index in [9.17, 15) is 0 Å². The smallest absolute Gasteiger partial charge is 0.0236 e. The van der Waals surface area contributed by atoms with Crippen LogP contribution >= 0.6 is 12.4 Å². The molecule has 1 aliphatic heterocycles. The average molecular weight is 255 g/mol. The zero-order valence-electron chi connectivity index (χ0n) is 10.8. The molecule has 1 N–H and O–H groups in total. The highest BCUT2D eigenvalue weighted by Crippen LogP contribution is 2.13. The van der Waals surface area contributed by atoms with Crippen LogP contribution in [-0.2, 0) is 6.54 Å². The summed E-state index contributed by atoms with van der Waals surface area (Å²) in [5, 5.41) is 3.45. The largest absolute Gasteiger partial charge is 0.315 e. The lowest BCUT2D eigenvalue weighted by molar-refractivity contribution is 0.284. The molecule has 0 bridgehead atoms. The first kappa shape index (κ1) is 14.5. The highest BCUT2D eigenvalue weighted by Gasteiger charge is 2.09. The molecule has 1 aromatic rings. The Morgan fingerprint density at radius 1 is 1.18 bits per heavy atom. The second-order valence-corrected chi connectivity index (χ2v) is 4.81. The topological polar surface area (TPSA) is 15.3 Å². The molecule has 0 unspecified atom stereocenters. The van der Waals surface area contributed by atoms with Gasteiger partial charge in [-0.15, -0.1) is 12.4 Å². The molecule has 0 saturated carbocycles. The summed E-state index contributed by atoms with van der Waals surface area (Å²) in [5.74, 6) is 0. The van der Waals surface area contributed by atoms with E-state index in [0.717, 1.165) is 13.1 Å². The van der Waals surface area contributed by atoms with Crippen molar-refractivity contribution in [2.45, 2.75) is 26.8 Å². The molecule has 1 aliphatic rings. The Morgan fingerprint density at radius 2 is 2.00 bits per heavy atom. The number of hydrogen-bond acceptors (Lipinski definition) is 2. The maximum Gasteiger partial charge on any atom is 0.0236 e. The lowest BCUT2D eigenvalue weighted by Crippen LogP contribution is -2.27. The van der Waals surface area contributed by atoms with E-state index in [4.69, 9.17) is 0 Å². The zero-order chi connectivity index (χ0) is 11.4. The van der Waals surface area contributed by atoms with Gasteiger partial charge in [-0.2, -0.15) is 0 Å². The van der Waals surface area contributed by atoms with Crippen LogP contribution in [0.3, 0.4) is 0 Å². The summed E-state index contributed by atoms with van der Waals surface area (Å²) in [6.07, 6.45) is 1.27. The predicted octanol–water partition coefficient (Wildman–Crippen LogP) is 2.52. The molecule has 3 heteroatoms. The first-order chi connectivity index (χ1) is 7.75. The monoisotopic (exact) mass is 254 g/mol. The lowest BCUT2D eigenvalue weighted by Gasteiger charge is -2.20. The van der Waals surface area contributed by atoms with Gasteiger partial charge in [0.2, 0.25) is 0 Å². The fraction of sp³-hybridized carbons (Fsp3) is 0.571. The maximum atomic E-state index is 3.45. The second-order valence-electron chi connectivity index (χ2n) is 4.81. The van der Waals surface area contributed by atoms with Crippen molar-refractivity contribution in [3.8, 4) is 0 Å². The molecule has 96 valence electrons. The lowest BCUT2D eigenvalue weighted by atomic mass is 10.1. The van der Waals surface area contributed by atoms with Crippen molar-refractivity contribution in [1.82, 2.24) is 10.2 Å². The molecular formula is C14H23ClN2. The average Bonchev–Trinajstić information content (AvgIpc) is 2.51. The Kier molecular flexibility index (Phi) is 5.96. The summed E-state index contributed by atoms with van der Waals surface area (Å²) in [6.45, 7) is 10.2. The van der Waals surface area contributed by atoms with Crippen molar-refractivity contribution in [2.75, 3.05) is 26.2 Å². The van der Waals surface area contributed by atoms with Crippen molar-refractivity contribution in [2.24, 2.45) is 0 Å². The van der Waals surface area contributed by atoms with Crippen LogP contribution in [0.25, 0.3) is 0 Å². The summed E-state index contributed by atoms with van der Waals surface area (Å²) in [4.78, 5) is 2.55. The Balaban J connectivity index is 0.00000144. The molecule has 1 saturated heterocycles. The summed E-state index contributed by atoms with van der Waals surface area (Å²) in [5.41, 5.74) is 4.27. The Hall–Kier alpha value is -0.570. The van der Waals surface area contributed by atoms with E-state index >= 15 is 0 Å². The van der Waals surface area contributed by atoms with E-state index in [0.29, 0.717) is 0 Å². The van der Waals surface area contributed by atoms with E-state index in [-0.39, 0.29) is 12.4 Å². The van der Waals surface area contributed by atoms with Crippen molar-refractivity contribution < 1.29 is 0 Å². The fourth-order valence-electron chi connectivity index (χ4n) is 2.32. The maximum absolute atomic E-state index is 3.45. The Labute approximate surface area is 111 Å². The van der Waals surface area contributed by atoms with Gasteiger partial charge in [-0.05, 0) is 44.5 Å². The number of rotatable bonds is 2. The number of hydrogen-bond donors (Lipinski definition) is 1. The van der Waals surface area contributed by atoms with E-state index in [2.05, 4.69) is 42.3 Å². The van der Waals surface area contributed by atoms with E-state index in [1.54, 1.807) is 0 Å². The first-order valence-corrected chi connectivity index (χ1v) is 6.25. The summed E-state index contributed by atoms with van der Waals surface area (Å²) in [7, 11) is 0. The van der Waals surface area contributed by atoms with Gasteiger partial charge in [-0.1, -0.05) is 23.8 Å². The van der Waals surface area contributed by atoms with Gasteiger partial charge in [0.05, 0.1) is 0 Å². The van der Waals surface area contributed by atoms with Gasteiger partial charge in [0.15, 0.2) is 0 Å². The Morgan fingerprint density at radius 3 is 2.76 bits per heavy atom. The quantitative estimate of drug-likeness (QED) is 0.873. The molecule has 1 fully saturated rings. The molecule has 0 atom stereocenters. The molecule has 1 aromatic carbocycles. The minimum Gasteiger partial charge on any atom is -0.315 e. The van der Waals surface area contributed by atoms with Gasteiger partial charge >= 0.3 is 0 Å². The van der Waals surface area contributed by atoms with Crippen LogP contribution in [0.2, 0.25) is 0 Å². The molecule has 17 heavy (non-hydrogen) atoms. The van der Waals surface area contributed by atoms with Crippen molar-refractivity contribution in [3.63, 3.8) is 0 Å². The minimum absolute atomic E-state index is 0. The molecule has 0 radical (unpaired) electrons. The van der Waals surface area contributed by atoms with Gasteiger partial charge in [0, 0.05) is 19.6 Å². The Bertz CT molecular complexity index is 344. The molecule has 0 aliphatic carbocycles. The summed E-state index contributed by atoms with van der Waals surface area (Å²) in [6, 6.07) is 6.78. The summed E-state index contributed by atoms with van der Waals surface area (Å²) < 4.78 is 0. The van der Waals surface area contributed by atoms with Crippen LogP contribution in [0.1, 0.15) is 23.1 Å². The van der Waals surface area contributed by atoms with E-state index in [1.807, 2.05) is 0 Å². The molecule has 0 spiro atoms. The first-order valence-electron chi connectivity index (χ1n) is 6.25. The van der Waals surface area contributed by atoms with Gasteiger partial charge in [0.25, 0.3) is 0 Å². The number of nitrogens with one attached hydrogen (secondary N) is 1. The van der Waals surface area contributed by atoms with Crippen LogP contribution in [0, 0.1) is 13.8 Å². The van der Waals surface area contributed by atoms with Crippen molar-refractivity contribution in [1.29, 1.82) is 0 Å². The van der Waals surface area contributed by atoms with Crippen LogP contribution in [0.5, 0.6) is 0 Å². The number of nitrogens with zero attached hydrogens (tertiary/aromatic N) is 1. The van der Waals surface area contributed by atoms with Crippen LogP contribution in [-0.4, -0.2) is 31.1 Å². The molecule has 0 amide bonds. The van der Waals surface area contributed by atoms with Crippen molar-refractivity contribution >= 4 is 12.4 Å². The minimum atomic E-state index is 0. The molecule has 2 rings (SSSR count). The zero-order valence-corrected chi connectivity index (χ0v) is 11.6. The summed E-state index contributed by atoms with van der Waals surface area (Å²) >= 11 is 0. The van der Waals surface area contributed by atoms with Crippen molar-refractivity contribution in [3.05, 3.63) is 34.9 Å². The van der Waals surface area contributed by atoms with E-state index in [1.165, 1.54) is 42.7 Å². The van der Waals surface area contributed by atoms with Gasteiger partial charge in [-0.3, -0.25) is 4.90 Å². The van der Waals surface area contributed by atoms with Gasteiger partial charge in [0.1, 0.15) is 0 Å². The van der Waals surface area contributed by atoms with Crippen LogP contribution < -0.4 is 5.32 Å².